The van der Waals surface area contributed by atoms with Gasteiger partial charge in [0, 0.05) is 23.8 Å². The van der Waals surface area contributed by atoms with Crippen LogP contribution < -0.4 is 9.64 Å². The summed E-state index contributed by atoms with van der Waals surface area (Å²) in [6, 6.07) is 16.2. The molecular weight excluding hydrogens is 326 g/mol. The first kappa shape index (κ1) is 18.3. The number of rotatable bonds is 5. The van der Waals surface area contributed by atoms with Crippen molar-refractivity contribution in [1.29, 1.82) is 0 Å². The summed E-state index contributed by atoms with van der Waals surface area (Å²) < 4.78 is 6.13. The molecule has 3 rings (SSSR count). The molecule has 1 fully saturated rings. The second kappa shape index (κ2) is 7.40. The maximum Gasteiger partial charge on any atom is 0.305 e. The zero-order valence-corrected chi connectivity index (χ0v) is 15.7. The molecule has 1 heterocycles. The van der Waals surface area contributed by atoms with Gasteiger partial charge in [-0.05, 0) is 48.6 Å². The molecule has 2 aromatic carbocycles. The van der Waals surface area contributed by atoms with Crippen LogP contribution in [0.25, 0.3) is 0 Å². The van der Waals surface area contributed by atoms with E-state index in [4.69, 9.17) is 9.84 Å². The van der Waals surface area contributed by atoms with E-state index in [1.165, 1.54) is 5.56 Å². The Morgan fingerprint density at radius 1 is 1.15 bits per heavy atom. The van der Waals surface area contributed by atoms with E-state index >= 15 is 0 Å². The van der Waals surface area contributed by atoms with Crippen LogP contribution >= 0.6 is 0 Å². The van der Waals surface area contributed by atoms with E-state index in [-0.39, 0.29) is 17.9 Å². The third-order valence-electron chi connectivity index (χ3n) is 4.88. The highest BCUT2D eigenvalue weighted by molar-refractivity contribution is 5.69. The lowest BCUT2D eigenvalue weighted by molar-refractivity contribution is -0.137. The molecule has 4 heteroatoms. The van der Waals surface area contributed by atoms with Gasteiger partial charge in [-0.3, -0.25) is 4.79 Å². The predicted molar refractivity (Wildman–Crippen MR) is 104 cm³/mol. The molecule has 138 valence electrons. The summed E-state index contributed by atoms with van der Waals surface area (Å²) in [5, 5.41) is 9.09. The van der Waals surface area contributed by atoms with Crippen LogP contribution in [0.5, 0.6) is 11.5 Å². The number of ether oxygens (including phenoxy) is 1. The first-order valence-electron chi connectivity index (χ1n) is 9.20. The smallest absolute Gasteiger partial charge is 0.305 e. The Bertz CT molecular complexity index is 762. The van der Waals surface area contributed by atoms with Crippen molar-refractivity contribution in [2.45, 2.75) is 51.5 Å². The van der Waals surface area contributed by atoms with Gasteiger partial charge in [0.05, 0.1) is 6.42 Å². The second-order valence-corrected chi connectivity index (χ2v) is 7.93. The molecule has 1 atom stereocenters. The third-order valence-corrected chi connectivity index (χ3v) is 4.88. The highest BCUT2D eigenvalue weighted by atomic mass is 16.5. The van der Waals surface area contributed by atoms with Crippen molar-refractivity contribution < 1.29 is 14.6 Å². The summed E-state index contributed by atoms with van der Waals surface area (Å²) in [7, 11) is 0. The van der Waals surface area contributed by atoms with Crippen molar-refractivity contribution in [2.24, 2.45) is 0 Å². The summed E-state index contributed by atoms with van der Waals surface area (Å²) in [6.07, 6.45) is 2.16. The molecule has 0 aliphatic carbocycles. The fourth-order valence-corrected chi connectivity index (χ4v) is 3.60. The number of nitrogens with zero attached hydrogens (tertiary/aromatic N) is 1. The average Bonchev–Trinajstić information content (AvgIpc) is 3.02. The number of carboxylic acids is 1. The SMILES string of the molecule is CC(C)(C)c1ccccc1Oc1ccc(N2CCC[C@H]2CC(=O)O)cc1. The molecule has 0 amide bonds. The van der Waals surface area contributed by atoms with Crippen LogP contribution in [0.3, 0.4) is 0 Å². The predicted octanol–water partition coefficient (Wildman–Crippen LogP) is 5.22. The van der Waals surface area contributed by atoms with Crippen LogP contribution in [0, 0.1) is 0 Å². The summed E-state index contributed by atoms with van der Waals surface area (Å²) >= 11 is 0. The van der Waals surface area contributed by atoms with E-state index in [1.807, 2.05) is 42.5 Å². The lowest BCUT2D eigenvalue weighted by atomic mass is 9.86. The van der Waals surface area contributed by atoms with E-state index in [0.29, 0.717) is 0 Å². The number of hydrogen-bond donors (Lipinski definition) is 1. The lowest BCUT2D eigenvalue weighted by Crippen LogP contribution is -2.31. The zero-order chi connectivity index (χ0) is 18.7. The first-order chi connectivity index (χ1) is 12.3. The summed E-state index contributed by atoms with van der Waals surface area (Å²) in [5.41, 5.74) is 2.24. The topological polar surface area (TPSA) is 49.8 Å². The van der Waals surface area contributed by atoms with E-state index in [0.717, 1.165) is 36.6 Å². The molecule has 2 aromatic rings. The molecule has 0 radical (unpaired) electrons. The van der Waals surface area contributed by atoms with Gasteiger partial charge < -0.3 is 14.7 Å². The molecular formula is C22H27NO3. The largest absolute Gasteiger partial charge is 0.481 e. The zero-order valence-electron chi connectivity index (χ0n) is 15.7. The molecule has 0 bridgehead atoms. The number of anilines is 1. The number of carboxylic acid groups (broad SMARTS) is 1. The fraction of sp³-hybridized carbons (Fsp3) is 0.409. The van der Waals surface area contributed by atoms with Gasteiger partial charge in [-0.25, -0.2) is 0 Å². The number of aliphatic carboxylic acids is 1. The molecule has 1 saturated heterocycles. The van der Waals surface area contributed by atoms with Gasteiger partial charge in [0.2, 0.25) is 0 Å². The Morgan fingerprint density at radius 2 is 1.85 bits per heavy atom. The molecule has 26 heavy (non-hydrogen) atoms. The molecule has 4 nitrogen and oxygen atoms in total. The van der Waals surface area contributed by atoms with E-state index in [9.17, 15) is 4.79 Å². The Labute approximate surface area is 155 Å². The highest BCUT2D eigenvalue weighted by Gasteiger charge is 2.26. The van der Waals surface area contributed by atoms with Gasteiger partial charge >= 0.3 is 5.97 Å². The quantitative estimate of drug-likeness (QED) is 0.800. The van der Waals surface area contributed by atoms with Crippen LogP contribution in [0.2, 0.25) is 0 Å². The Kier molecular flexibility index (Phi) is 5.21. The van der Waals surface area contributed by atoms with Crippen LogP contribution in [0.15, 0.2) is 48.5 Å². The Hall–Kier alpha value is -2.49. The van der Waals surface area contributed by atoms with Gasteiger partial charge in [-0.1, -0.05) is 39.0 Å². The third kappa shape index (κ3) is 4.18. The van der Waals surface area contributed by atoms with Crippen molar-refractivity contribution in [3.05, 3.63) is 54.1 Å². The number of carbonyl (C=O) groups is 1. The van der Waals surface area contributed by atoms with Crippen molar-refractivity contribution in [3.63, 3.8) is 0 Å². The summed E-state index contributed by atoms with van der Waals surface area (Å²) in [5.74, 6) is 0.928. The van der Waals surface area contributed by atoms with Gasteiger partial charge in [0.15, 0.2) is 0 Å². The van der Waals surface area contributed by atoms with Crippen molar-refractivity contribution in [3.8, 4) is 11.5 Å². The lowest BCUT2D eigenvalue weighted by Gasteiger charge is -2.26. The van der Waals surface area contributed by atoms with Crippen molar-refractivity contribution in [1.82, 2.24) is 0 Å². The van der Waals surface area contributed by atoms with Gasteiger partial charge in [0.1, 0.15) is 11.5 Å². The molecule has 0 aromatic heterocycles. The van der Waals surface area contributed by atoms with Gasteiger partial charge in [-0.2, -0.15) is 0 Å². The monoisotopic (exact) mass is 353 g/mol. The van der Waals surface area contributed by atoms with Gasteiger partial charge in [-0.15, -0.1) is 0 Å². The second-order valence-electron chi connectivity index (χ2n) is 7.93. The molecule has 0 spiro atoms. The minimum absolute atomic E-state index is 0.0101. The molecule has 0 saturated carbocycles. The minimum Gasteiger partial charge on any atom is -0.481 e. The van der Waals surface area contributed by atoms with E-state index in [1.54, 1.807) is 0 Å². The first-order valence-corrected chi connectivity index (χ1v) is 9.20. The molecule has 0 unspecified atom stereocenters. The Balaban J connectivity index is 1.76. The van der Waals surface area contributed by atoms with Gasteiger partial charge in [0.25, 0.3) is 0 Å². The molecule has 1 aliphatic heterocycles. The summed E-state index contributed by atoms with van der Waals surface area (Å²) in [4.78, 5) is 13.3. The highest BCUT2D eigenvalue weighted by Crippen LogP contribution is 2.35. The van der Waals surface area contributed by atoms with Crippen LogP contribution in [-0.4, -0.2) is 23.7 Å². The maximum absolute atomic E-state index is 11.1. The van der Waals surface area contributed by atoms with Crippen LogP contribution in [0.1, 0.15) is 45.6 Å². The van der Waals surface area contributed by atoms with Crippen LogP contribution in [0.4, 0.5) is 5.69 Å². The normalized spacial score (nSPS) is 17.3. The van der Waals surface area contributed by atoms with Crippen molar-refractivity contribution >= 4 is 11.7 Å². The number of para-hydroxylation sites is 1. The van der Waals surface area contributed by atoms with E-state index in [2.05, 4.69) is 31.7 Å². The molecule has 1 N–H and O–H groups in total. The molecule has 1 aliphatic rings. The maximum atomic E-state index is 11.1. The fourth-order valence-electron chi connectivity index (χ4n) is 3.60. The average molecular weight is 353 g/mol. The number of hydrogen-bond acceptors (Lipinski definition) is 3. The van der Waals surface area contributed by atoms with Crippen LogP contribution in [-0.2, 0) is 10.2 Å². The minimum atomic E-state index is -0.736. The standard InChI is InChI=1S/C22H27NO3/c1-22(2,3)19-8-4-5-9-20(19)26-18-12-10-16(11-13-18)23-14-6-7-17(23)15-21(24)25/h4-5,8-13,17H,6-7,14-15H2,1-3H3,(H,24,25)/t17-/m0/s1. The van der Waals surface area contributed by atoms with Crippen molar-refractivity contribution in [2.75, 3.05) is 11.4 Å². The Morgan fingerprint density at radius 3 is 2.50 bits per heavy atom. The number of benzene rings is 2. The summed E-state index contributed by atoms with van der Waals surface area (Å²) in [6.45, 7) is 7.43. The van der Waals surface area contributed by atoms with E-state index < -0.39 is 5.97 Å².